The predicted molar refractivity (Wildman–Crippen MR) is 112 cm³/mol. The Kier molecular flexibility index (Phi) is 4.21. The molecule has 8 heteroatoms. The number of piperidine rings is 1. The summed E-state index contributed by atoms with van der Waals surface area (Å²) in [5, 5.41) is 0.682. The van der Waals surface area contributed by atoms with Gasteiger partial charge in [0.25, 0.3) is 5.92 Å². The zero-order valence-corrected chi connectivity index (χ0v) is 16.7. The fourth-order valence-electron chi connectivity index (χ4n) is 4.45. The summed E-state index contributed by atoms with van der Waals surface area (Å²) >= 11 is 0. The molecule has 30 heavy (non-hydrogen) atoms. The maximum Gasteiger partial charge on any atom is 0.329 e. The number of pyridine rings is 2. The number of fused-ring (bicyclic) bond motifs is 3. The van der Waals surface area contributed by atoms with Crippen LogP contribution in [-0.2, 0) is 7.05 Å². The molecule has 0 spiro atoms. The van der Waals surface area contributed by atoms with Crippen molar-refractivity contribution in [3.63, 3.8) is 0 Å². The van der Waals surface area contributed by atoms with E-state index in [0.29, 0.717) is 28.5 Å². The molecule has 4 aromatic rings. The molecule has 0 aliphatic carbocycles. The molecule has 1 aliphatic heterocycles. The molecule has 0 unspecified atom stereocenters. The molecule has 0 bridgehead atoms. The highest BCUT2D eigenvalue weighted by Gasteiger charge is 2.46. The topological polar surface area (TPSA) is 56.0 Å². The zero-order chi connectivity index (χ0) is 21.0. The van der Waals surface area contributed by atoms with E-state index in [4.69, 9.17) is 0 Å². The van der Waals surface area contributed by atoms with Crippen molar-refractivity contribution in [2.45, 2.75) is 18.4 Å². The van der Waals surface area contributed by atoms with E-state index in [1.807, 2.05) is 30.3 Å². The van der Waals surface area contributed by atoms with E-state index in [1.54, 1.807) is 37.6 Å². The van der Waals surface area contributed by atoms with Crippen LogP contribution in [0.4, 0.5) is 8.78 Å². The first-order valence-corrected chi connectivity index (χ1v) is 9.83. The molecule has 154 valence electrons. The molecule has 1 atom stereocenters. The maximum absolute atomic E-state index is 15.0. The van der Waals surface area contributed by atoms with Crippen LogP contribution in [0.3, 0.4) is 0 Å². The molecule has 1 aromatic carbocycles. The lowest BCUT2D eigenvalue weighted by molar-refractivity contribution is -0.0977. The van der Waals surface area contributed by atoms with Crippen LogP contribution < -0.4 is 5.69 Å². The number of alkyl halides is 2. The highest BCUT2D eigenvalue weighted by atomic mass is 19.3. The number of nitrogens with zero attached hydrogens (tertiary/aromatic N) is 5. The SMILES string of the molecule is CN1CC[C@H](n2c(=O)n(C)c3cnc4ccc(-c5cccnc5)cc4c32)C(F)(F)C1. The van der Waals surface area contributed by atoms with Crippen molar-refractivity contribution in [3.05, 3.63) is 59.4 Å². The lowest BCUT2D eigenvalue weighted by Crippen LogP contribution is -2.49. The summed E-state index contributed by atoms with van der Waals surface area (Å²) in [6, 6.07) is 8.27. The Morgan fingerprint density at radius 2 is 1.97 bits per heavy atom. The smallest absolute Gasteiger partial charge is 0.300 e. The standard InChI is InChI=1S/C22H21F2N5O/c1-27-9-7-19(22(23,24)13-27)29-20-16-10-14(15-4-3-8-25-11-15)5-6-17(16)26-12-18(20)28(2)21(29)30/h3-6,8,10-12,19H,7,9,13H2,1-2H3/t19-/m0/s1. The molecule has 1 aliphatic rings. The van der Waals surface area contributed by atoms with Gasteiger partial charge in [-0.2, -0.15) is 0 Å². The summed E-state index contributed by atoms with van der Waals surface area (Å²) < 4.78 is 32.8. The van der Waals surface area contributed by atoms with Crippen LogP contribution in [0.1, 0.15) is 12.5 Å². The highest BCUT2D eigenvalue weighted by molar-refractivity contribution is 6.04. The third kappa shape index (κ3) is 2.82. The van der Waals surface area contributed by atoms with Crippen LogP contribution in [0.5, 0.6) is 0 Å². The van der Waals surface area contributed by atoms with E-state index in [2.05, 4.69) is 9.97 Å². The Morgan fingerprint density at radius 1 is 1.13 bits per heavy atom. The van der Waals surface area contributed by atoms with Crippen LogP contribution in [0.15, 0.2) is 53.7 Å². The van der Waals surface area contributed by atoms with E-state index >= 15 is 8.78 Å². The van der Waals surface area contributed by atoms with Gasteiger partial charge < -0.3 is 4.90 Å². The summed E-state index contributed by atoms with van der Waals surface area (Å²) in [5.41, 5.74) is 3.07. The molecule has 0 saturated carbocycles. The first-order valence-electron chi connectivity index (χ1n) is 9.83. The van der Waals surface area contributed by atoms with Crippen LogP contribution in [-0.4, -0.2) is 50.1 Å². The molecule has 4 heterocycles. The van der Waals surface area contributed by atoms with Gasteiger partial charge in [-0.15, -0.1) is 0 Å². The molecular formula is C22H21F2N5O. The van der Waals surface area contributed by atoms with Crippen LogP contribution in [0.2, 0.25) is 0 Å². The Hall–Kier alpha value is -3.13. The molecule has 5 rings (SSSR count). The Labute approximate surface area is 171 Å². The second-order valence-corrected chi connectivity index (χ2v) is 7.98. The number of hydrogen-bond donors (Lipinski definition) is 0. The quantitative estimate of drug-likeness (QED) is 0.509. The number of likely N-dealkylation sites (tertiary alicyclic amines) is 1. The van der Waals surface area contributed by atoms with Crippen molar-refractivity contribution < 1.29 is 8.78 Å². The van der Waals surface area contributed by atoms with Crippen molar-refractivity contribution in [2.75, 3.05) is 20.1 Å². The molecule has 1 fully saturated rings. The molecule has 1 saturated heterocycles. The number of hydrogen-bond acceptors (Lipinski definition) is 4. The third-order valence-corrected chi connectivity index (χ3v) is 5.97. The van der Waals surface area contributed by atoms with Crippen LogP contribution >= 0.6 is 0 Å². The number of aromatic nitrogens is 4. The maximum atomic E-state index is 15.0. The van der Waals surface area contributed by atoms with Crippen molar-refractivity contribution in [3.8, 4) is 11.1 Å². The van der Waals surface area contributed by atoms with Gasteiger partial charge in [-0.05, 0) is 37.2 Å². The third-order valence-electron chi connectivity index (χ3n) is 5.97. The van der Waals surface area contributed by atoms with Crippen molar-refractivity contribution in [2.24, 2.45) is 7.05 Å². The average molecular weight is 409 g/mol. The molecular weight excluding hydrogens is 388 g/mol. The van der Waals surface area contributed by atoms with Gasteiger partial charge in [0.05, 0.1) is 29.3 Å². The van der Waals surface area contributed by atoms with Gasteiger partial charge >= 0.3 is 5.69 Å². The number of benzene rings is 1. The van der Waals surface area contributed by atoms with Crippen LogP contribution in [0, 0.1) is 0 Å². The average Bonchev–Trinajstić information content (AvgIpc) is 2.98. The lowest BCUT2D eigenvalue weighted by atomic mass is 10.00. The summed E-state index contributed by atoms with van der Waals surface area (Å²) in [7, 11) is 3.28. The minimum Gasteiger partial charge on any atom is -0.300 e. The van der Waals surface area contributed by atoms with Crippen molar-refractivity contribution in [1.29, 1.82) is 0 Å². The molecule has 6 nitrogen and oxygen atoms in total. The molecule has 0 radical (unpaired) electrons. The van der Waals surface area contributed by atoms with Gasteiger partial charge in [-0.1, -0.05) is 12.1 Å². The summed E-state index contributed by atoms with van der Waals surface area (Å²) in [6.07, 6.45) is 5.24. The second kappa shape index (κ2) is 6.70. The Balaban J connectivity index is 1.82. The first kappa shape index (κ1) is 18.9. The van der Waals surface area contributed by atoms with Gasteiger partial charge in [0.15, 0.2) is 0 Å². The number of halogens is 2. The Morgan fingerprint density at radius 3 is 2.70 bits per heavy atom. The summed E-state index contributed by atoms with van der Waals surface area (Å²) in [6.45, 7) is 0.136. The van der Waals surface area contributed by atoms with E-state index in [1.165, 1.54) is 9.13 Å². The minimum absolute atomic E-state index is 0.203. The normalized spacial score (nSPS) is 19.5. The van der Waals surface area contributed by atoms with E-state index in [9.17, 15) is 4.79 Å². The second-order valence-electron chi connectivity index (χ2n) is 7.98. The largest absolute Gasteiger partial charge is 0.329 e. The zero-order valence-electron chi connectivity index (χ0n) is 16.7. The number of aryl methyl sites for hydroxylation is 1. The van der Waals surface area contributed by atoms with Crippen molar-refractivity contribution in [1.82, 2.24) is 24.0 Å². The number of rotatable bonds is 2. The van der Waals surface area contributed by atoms with Gasteiger partial charge in [0.1, 0.15) is 6.04 Å². The van der Waals surface area contributed by atoms with Gasteiger partial charge in [0.2, 0.25) is 0 Å². The summed E-state index contributed by atoms with van der Waals surface area (Å²) in [4.78, 5) is 23.3. The Bertz CT molecular complexity index is 1310. The molecule has 3 aromatic heterocycles. The van der Waals surface area contributed by atoms with E-state index in [0.717, 1.165) is 11.1 Å². The van der Waals surface area contributed by atoms with Gasteiger partial charge in [-0.3, -0.25) is 19.1 Å². The van der Waals surface area contributed by atoms with E-state index < -0.39 is 17.7 Å². The van der Waals surface area contributed by atoms with Crippen molar-refractivity contribution >= 4 is 21.9 Å². The lowest BCUT2D eigenvalue weighted by Gasteiger charge is -2.37. The predicted octanol–water partition coefficient (Wildman–Crippen LogP) is 3.46. The molecule has 0 amide bonds. The molecule has 0 N–H and O–H groups in total. The minimum atomic E-state index is -3.01. The van der Waals surface area contributed by atoms with Gasteiger partial charge in [0, 0.05) is 36.9 Å². The number of imidazole rings is 1. The summed E-state index contributed by atoms with van der Waals surface area (Å²) in [5.74, 6) is -3.01. The first-order chi connectivity index (χ1) is 14.4. The van der Waals surface area contributed by atoms with Gasteiger partial charge in [-0.25, -0.2) is 13.6 Å². The van der Waals surface area contributed by atoms with Crippen LogP contribution in [0.25, 0.3) is 33.1 Å². The fourth-order valence-corrected chi connectivity index (χ4v) is 4.45. The van der Waals surface area contributed by atoms with E-state index in [-0.39, 0.29) is 13.0 Å². The highest BCUT2D eigenvalue weighted by Crippen LogP contribution is 2.38. The monoisotopic (exact) mass is 409 g/mol. The fraction of sp³-hybridized carbons (Fsp3) is 0.318.